The van der Waals surface area contributed by atoms with Crippen molar-refractivity contribution in [3.8, 4) is 5.88 Å². The lowest BCUT2D eigenvalue weighted by molar-refractivity contribution is 0.0781. The lowest BCUT2D eigenvalue weighted by Crippen LogP contribution is -2.29. The Bertz CT molecular complexity index is 530. The molecule has 0 bridgehead atoms. The Morgan fingerprint density at radius 2 is 1.87 bits per heavy atom. The molecule has 3 rings (SSSR count). The van der Waals surface area contributed by atoms with E-state index >= 15 is 0 Å². The predicted octanol–water partition coefficient (Wildman–Crippen LogP) is 3.91. The van der Waals surface area contributed by atoms with Crippen LogP contribution in [0.2, 0.25) is 0 Å². The molecule has 2 fully saturated rings. The molecule has 0 N–H and O–H groups in total. The van der Waals surface area contributed by atoms with Gasteiger partial charge in [-0.2, -0.15) is 0 Å². The minimum absolute atomic E-state index is 0.0384. The molecule has 2 aliphatic rings. The number of amides is 1. The van der Waals surface area contributed by atoms with Gasteiger partial charge >= 0.3 is 0 Å². The molecule has 0 unspecified atom stereocenters. The van der Waals surface area contributed by atoms with Crippen LogP contribution in [0.25, 0.3) is 0 Å². The summed E-state index contributed by atoms with van der Waals surface area (Å²) in [4.78, 5) is 18.8. The number of nitrogens with zero attached hydrogens (tertiary/aromatic N) is 2. The van der Waals surface area contributed by atoms with Crippen molar-refractivity contribution in [3.63, 3.8) is 0 Å². The summed E-state index contributed by atoms with van der Waals surface area (Å²) in [6.07, 6.45) is 7.09. The molecule has 1 aliphatic carbocycles. The maximum Gasteiger partial charge on any atom is 0.272 e. The molecule has 1 saturated heterocycles. The highest BCUT2D eigenvalue weighted by Gasteiger charge is 2.25. The van der Waals surface area contributed by atoms with Crippen molar-refractivity contribution in [1.29, 1.82) is 0 Å². The zero-order valence-corrected chi connectivity index (χ0v) is 14.3. The molecular weight excluding hydrogens is 288 g/mol. The normalized spacial score (nSPS) is 24.9. The fourth-order valence-electron chi connectivity index (χ4n) is 3.73. The highest BCUT2D eigenvalue weighted by atomic mass is 16.5. The van der Waals surface area contributed by atoms with Crippen LogP contribution in [0.3, 0.4) is 0 Å². The van der Waals surface area contributed by atoms with E-state index in [1.807, 2.05) is 17.0 Å². The summed E-state index contributed by atoms with van der Waals surface area (Å²) >= 11 is 0. The molecule has 1 aromatic rings. The molecular formula is C19H28N2O2. The molecule has 23 heavy (non-hydrogen) atoms. The Kier molecular flexibility index (Phi) is 5.19. The van der Waals surface area contributed by atoms with Gasteiger partial charge in [0.2, 0.25) is 5.88 Å². The van der Waals surface area contributed by atoms with Crippen LogP contribution in [0.4, 0.5) is 0 Å². The number of hydrogen-bond donors (Lipinski definition) is 0. The van der Waals surface area contributed by atoms with Gasteiger partial charge in [-0.3, -0.25) is 4.79 Å². The van der Waals surface area contributed by atoms with Crippen LogP contribution in [0.15, 0.2) is 18.2 Å². The van der Waals surface area contributed by atoms with Crippen LogP contribution in [-0.4, -0.2) is 35.0 Å². The van der Waals surface area contributed by atoms with Gasteiger partial charge in [0.05, 0.1) is 0 Å². The second-order valence-corrected chi connectivity index (χ2v) is 7.26. The van der Waals surface area contributed by atoms with E-state index in [0.29, 0.717) is 11.6 Å². The van der Waals surface area contributed by atoms with E-state index in [2.05, 4.69) is 18.8 Å². The number of hydrogen-bond acceptors (Lipinski definition) is 3. The minimum atomic E-state index is 0.0384. The quantitative estimate of drug-likeness (QED) is 0.846. The van der Waals surface area contributed by atoms with Gasteiger partial charge in [-0.15, -0.1) is 0 Å². The second-order valence-electron chi connectivity index (χ2n) is 7.26. The van der Waals surface area contributed by atoms with E-state index in [1.165, 1.54) is 12.8 Å². The summed E-state index contributed by atoms with van der Waals surface area (Å²) in [5.41, 5.74) is 0.514. The number of carbonyl (C=O) groups excluding carboxylic acids is 1. The molecule has 1 aliphatic heterocycles. The maximum atomic E-state index is 12.4. The SMILES string of the molecule is CC(C)C1CCC(Oc2cccc(C(=O)N3CCCC3)n2)CC1. The average molecular weight is 316 g/mol. The molecule has 4 nitrogen and oxygen atoms in total. The Balaban J connectivity index is 1.59. The summed E-state index contributed by atoms with van der Waals surface area (Å²) < 4.78 is 6.05. The van der Waals surface area contributed by atoms with Gasteiger partial charge in [0.15, 0.2) is 0 Å². The van der Waals surface area contributed by atoms with Crippen LogP contribution in [0.1, 0.15) is 62.9 Å². The number of ether oxygens (including phenoxy) is 1. The van der Waals surface area contributed by atoms with Crippen molar-refractivity contribution in [2.45, 2.75) is 58.5 Å². The first kappa shape index (κ1) is 16.3. The summed E-state index contributed by atoms with van der Waals surface area (Å²) in [5, 5.41) is 0. The van der Waals surface area contributed by atoms with Crippen molar-refractivity contribution in [3.05, 3.63) is 23.9 Å². The van der Waals surface area contributed by atoms with E-state index in [0.717, 1.165) is 50.6 Å². The van der Waals surface area contributed by atoms with Crippen molar-refractivity contribution in [1.82, 2.24) is 9.88 Å². The molecule has 0 atom stereocenters. The molecule has 0 spiro atoms. The van der Waals surface area contributed by atoms with Gasteiger partial charge in [-0.05, 0) is 56.4 Å². The predicted molar refractivity (Wildman–Crippen MR) is 90.6 cm³/mol. The number of carbonyl (C=O) groups is 1. The molecule has 1 saturated carbocycles. The largest absolute Gasteiger partial charge is 0.474 e. The summed E-state index contributed by atoms with van der Waals surface area (Å²) in [6.45, 7) is 6.32. The summed E-state index contributed by atoms with van der Waals surface area (Å²) in [5.74, 6) is 2.22. The van der Waals surface area contributed by atoms with E-state index in [4.69, 9.17) is 4.74 Å². The lowest BCUT2D eigenvalue weighted by atomic mass is 9.80. The third-order valence-corrected chi connectivity index (χ3v) is 5.29. The summed E-state index contributed by atoms with van der Waals surface area (Å²) in [7, 11) is 0. The topological polar surface area (TPSA) is 42.4 Å². The van der Waals surface area contributed by atoms with Gasteiger partial charge < -0.3 is 9.64 Å². The zero-order valence-electron chi connectivity index (χ0n) is 14.3. The Morgan fingerprint density at radius 3 is 2.52 bits per heavy atom. The molecule has 1 aromatic heterocycles. The molecule has 126 valence electrons. The van der Waals surface area contributed by atoms with E-state index in [9.17, 15) is 4.79 Å². The van der Waals surface area contributed by atoms with Crippen molar-refractivity contribution < 1.29 is 9.53 Å². The Hall–Kier alpha value is -1.58. The third kappa shape index (κ3) is 4.04. The third-order valence-electron chi connectivity index (χ3n) is 5.29. The Morgan fingerprint density at radius 1 is 1.17 bits per heavy atom. The minimum Gasteiger partial charge on any atom is -0.474 e. The number of likely N-dealkylation sites (tertiary alicyclic amines) is 1. The van der Waals surface area contributed by atoms with E-state index < -0.39 is 0 Å². The van der Waals surface area contributed by atoms with Crippen molar-refractivity contribution >= 4 is 5.91 Å². The van der Waals surface area contributed by atoms with E-state index in [1.54, 1.807) is 6.07 Å². The Labute approximate surface area is 139 Å². The molecule has 0 aromatic carbocycles. The highest BCUT2D eigenvalue weighted by molar-refractivity contribution is 5.92. The van der Waals surface area contributed by atoms with Crippen LogP contribution < -0.4 is 4.74 Å². The van der Waals surface area contributed by atoms with Crippen LogP contribution in [0, 0.1) is 11.8 Å². The first-order valence-corrected chi connectivity index (χ1v) is 9.06. The summed E-state index contributed by atoms with van der Waals surface area (Å²) in [6, 6.07) is 5.55. The van der Waals surface area contributed by atoms with Gasteiger partial charge in [0, 0.05) is 19.2 Å². The van der Waals surface area contributed by atoms with Crippen LogP contribution in [0.5, 0.6) is 5.88 Å². The van der Waals surface area contributed by atoms with E-state index in [-0.39, 0.29) is 12.0 Å². The first-order valence-electron chi connectivity index (χ1n) is 9.06. The lowest BCUT2D eigenvalue weighted by Gasteiger charge is -2.30. The van der Waals surface area contributed by atoms with Gasteiger partial charge in [0.1, 0.15) is 11.8 Å². The maximum absolute atomic E-state index is 12.4. The van der Waals surface area contributed by atoms with Crippen molar-refractivity contribution in [2.75, 3.05) is 13.1 Å². The van der Waals surface area contributed by atoms with Gasteiger partial charge in [0.25, 0.3) is 5.91 Å². The fourth-order valence-corrected chi connectivity index (χ4v) is 3.73. The smallest absolute Gasteiger partial charge is 0.272 e. The molecule has 4 heteroatoms. The number of rotatable bonds is 4. The first-order chi connectivity index (χ1) is 11.1. The number of aromatic nitrogens is 1. The van der Waals surface area contributed by atoms with Gasteiger partial charge in [-0.25, -0.2) is 4.98 Å². The van der Waals surface area contributed by atoms with Crippen LogP contribution >= 0.6 is 0 Å². The average Bonchev–Trinajstić information content (AvgIpc) is 3.09. The standard InChI is InChI=1S/C19H28N2O2/c1-14(2)15-8-10-16(11-9-15)23-18-7-5-6-17(20-18)19(22)21-12-3-4-13-21/h5-7,14-16H,3-4,8-13H2,1-2H3. The second kappa shape index (κ2) is 7.33. The fraction of sp³-hybridized carbons (Fsp3) is 0.684. The monoisotopic (exact) mass is 316 g/mol. The van der Waals surface area contributed by atoms with Crippen LogP contribution in [-0.2, 0) is 0 Å². The van der Waals surface area contributed by atoms with Crippen molar-refractivity contribution in [2.24, 2.45) is 11.8 Å². The highest BCUT2D eigenvalue weighted by Crippen LogP contribution is 2.31. The molecule has 0 radical (unpaired) electrons. The van der Waals surface area contributed by atoms with Gasteiger partial charge in [-0.1, -0.05) is 19.9 Å². The molecule has 2 heterocycles. The molecule has 1 amide bonds. The number of pyridine rings is 1. The zero-order chi connectivity index (χ0) is 16.2.